The molecule has 1 aromatic carbocycles. The third-order valence-electron chi connectivity index (χ3n) is 5.62. The molecule has 0 atom stereocenters. The number of hydrogen-bond donors (Lipinski definition) is 2. The van der Waals surface area contributed by atoms with Crippen LogP contribution in [-0.2, 0) is 4.79 Å². The van der Waals surface area contributed by atoms with Gasteiger partial charge in [-0.1, -0.05) is 19.1 Å². The second kappa shape index (κ2) is 6.92. The third-order valence-corrected chi connectivity index (χ3v) is 5.62. The number of ether oxygens (including phenoxy) is 2. The van der Waals surface area contributed by atoms with E-state index in [2.05, 4.69) is 5.32 Å². The van der Waals surface area contributed by atoms with Crippen LogP contribution in [0.5, 0.6) is 11.5 Å². The number of likely N-dealkylation sites (N-methyl/N-ethyl adjacent to an activating group) is 1. The fraction of sp³-hybridized carbons (Fsp3) is 0.579. The van der Waals surface area contributed by atoms with Gasteiger partial charge in [0.15, 0.2) is 11.5 Å². The first-order chi connectivity index (χ1) is 13.0. The topological polar surface area (TPSA) is 91.3 Å². The second-order valence-corrected chi connectivity index (χ2v) is 7.46. The SMILES string of the molecule is CCN(CC(=O)O)C1CC(NC(=O)N2CCC3(C2)Oc2ccccc2O3)C1. The van der Waals surface area contributed by atoms with Crippen molar-refractivity contribution in [2.24, 2.45) is 0 Å². The van der Waals surface area contributed by atoms with Crippen molar-refractivity contribution in [2.45, 2.75) is 44.1 Å². The molecule has 1 aliphatic carbocycles. The molecule has 2 aliphatic heterocycles. The fourth-order valence-electron chi connectivity index (χ4n) is 4.08. The van der Waals surface area contributed by atoms with Crippen molar-refractivity contribution >= 4 is 12.0 Å². The number of fused-ring (bicyclic) bond motifs is 1. The smallest absolute Gasteiger partial charge is 0.317 e. The molecule has 146 valence electrons. The number of benzene rings is 1. The summed E-state index contributed by atoms with van der Waals surface area (Å²) in [5.41, 5.74) is 0. The molecule has 1 spiro atoms. The number of nitrogens with one attached hydrogen (secondary N) is 1. The highest BCUT2D eigenvalue weighted by molar-refractivity contribution is 5.75. The van der Waals surface area contributed by atoms with E-state index in [1.54, 1.807) is 4.90 Å². The lowest BCUT2D eigenvalue weighted by molar-refractivity contribution is -0.139. The number of rotatable bonds is 5. The molecule has 2 heterocycles. The van der Waals surface area contributed by atoms with E-state index in [-0.39, 0.29) is 24.7 Å². The molecule has 0 aromatic heterocycles. The number of carbonyl (C=O) groups is 2. The first-order valence-corrected chi connectivity index (χ1v) is 9.46. The van der Waals surface area contributed by atoms with Crippen LogP contribution in [0.15, 0.2) is 24.3 Å². The van der Waals surface area contributed by atoms with Crippen molar-refractivity contribution in [3.05, 3.63) is 24.3 Å². The van der Waals surface area contributed by atoms with Gasteiger partial charge in [0.2, 0.25) is 0 Å². The monoisotopic (exact) mass is 375 g/mol. The van der Waals surface area contributed by atoms with Crippen molar-refractivity contribution in [2.75, 3.05) is 26.2 Å². The Bertz CT molecular complexity index is 709. The molecular weight excluding hydrogens is 350 g/mol. The zero-order chi connectivity index (χ0) is 19.0. The largest absolute Gasteiger partial charge is 0.480 e. The van der Waals surface area contributed by atoms with Gasteiger partial charge in [-0.3, -0.25) is 9.69 Å². The number of aliphatic carboxylic acids is 1. The zero-order valence-electron chi connectivity index (χ0n) is 15.4. The molecule has 8 nitrogen and oxygen atoms in total. The van der Waals surface area contributed by atoms with E-state index in [9.17, 15) is 9.59 Å². The van der Waals surface area contributed by atoms with Gasteiger partial charge in [-0.25, -0.2) is 4.79 Å². The minimum atomic E-state index is -0.815. The predicted molar refractivity (Wildman–Crippen MR) is 96.8 cm³/mol. The van der Waals surface area contributed by atoms with Crippen LogP contribution in [0.4, 0.5) is 4.79 Å². The van der Waals surface area contributed by atoms with E-state index in [0.717, 1.165) is 24.3 Å². The molecule has 2 amide bonds. The van der Waals surface area contributed by atoms with Gasteiger partial charge in [0.05, 0.1) is 13.1 Å². The molecule has 1 saturated carbocycles. The summed E-state index contributed by atoms with van der Waals surface area (Å²) in [5.74, 6) is -0.146. The van der Waals surface area contributed by atoms with Crippen molar-refractivity contribution in [3.8, 4) is 11.5 Å². The lowest BCUT2D eigenvalue weighted by Gasteiger charge is -2.42. The number of amides is 2. The number of carbonyl (C=O) groups excluding carboxylic acids is 1. The van der Waals surface area contributed by atoms with E-state index in [0.29, 0.717) is 26.1 Å². The summed E-state index contributed by atoms with van der Waals surface area (Å²) in [6, 6.07) is 7.74. The standard InChI is InChI=1S/C19H25N3O5/c1-2-21(11-17(23)24)14-9-13(10-14)20-18(25)22-8-7-19(12-22)26-15-5-3-4-6-16(15)27-19/h3-6,13-14H,2,7-12H2,1H3,(H,20,25)(H,23,24). The maximum atomic E-state index is 12.6. The first kappa shape index (κ1) is 17.9. The van der Waals surface area contributed by atoms with Gasteiger partial charge in [0, 0.05) is 25.0 Å². The number of carboxylic acid groups (broad SMARTS) is 1. The van der Waals surface area contributed by atoms with Gasteiger partial charge in [-0.05, 0) is 31.5 Å². The lowest BCUT2D eigenvalue weighted by Crippen LogP contribution is -2.57. The summed E-state index contributed by atoms with van der Waals surface area (Å²) >= 11 is 0. The Labute approximate surface area is 158 Å². The molecule has 1 saturated heterocycles. The van der Waals surface area contributed by atoms with Crippen molar-refractivity contribution < 1.29 is 24.2 Å². The maximum Gasteiger partial charge on any atom is 0.317 e. The molecule has 0 unspecified atom stereocenters. The van der Waals surface area contributed by atoms with Crippen LogP contribution in [0, 0.1) is 0 Å². The normalized spacial score (nSPS) is 24.9. The third kappa shape index (κ3) is 3.53. The van der Waals surface area contributed by atoms with E-state index in [1.165, 1.54) is 0 Å². The predicted octanol–water partition coefficient (Wildman–Crippen LogP) is 1.51. The highest BCUT2D eigenvalue weighted by Crippen LogP contribution is 2.42. The summed E-state index contributed by atoms with van der Waals surface area (Å²) in [4.78, 5) is 27.2. The Hall–Kier alpha value is -2.48. The molecule has 2 N–H and O–H groups in total. The van der Waals surface area contributed by atoms with Crippen LogP contribution in [0.3, 0.4) is 0 Å². The van der Waals surface area contributed by atoms with Crippen LogP contribution in [0.25, 0.3) is 0 Å². The summed E-state index contributed by atoms with van der Waals surface area (Å²) in [7, 11) is 0. The van der Waals surface area contributed by atoms with Crippen LogP contribution < -0.4 is 14.8 Å². The maximum absolute atomic E-state index is 12.6. The number of nitrogens with zero attached hydrogens (tertiary/aromatic N) is 2. The summed E-state index contributed by atoms with van der Waals surface area (Å²) in [6.07, 6.45) is 2.19. The van der Waals surface area contributed by atoms with Gasteiger partial charge in [0.1, 0.15) is 0 Å². The minimum Gasteiger partial charge on any atom is -0.480 e. The molecule has 3 aliphatic rings. The molecule has 4 rings (SSSR count). The highest BCUT2D eigenvalue weighted by Gasteiger charge is 2.49. The van der Waals surface area contributed by atoms with E-state index < -0.39 is 11.8 Å². The average molecular weight is 375 g/mol. The van der Waals surface area contributed by atoms with Gasteiger partial charge >= 0.3 is 12.0 Å². The molecule has 2 fully saturated rings. The highest BCUT2D eigenvalue weighted by atomic mass is 16.7. The van der Waals surface area contributed by atoms with Gasteiger partial charge in [-0.2, -0.15) is 0 Å². The Morgan fingerprint density at radius 2 is 1.96 bits per heavy atom. The van der Waals surface area contributed by atoms with E-state index in [1.807, 2.05) is 36.1 Å². The fourth-order valence-corrected chi connectivity index (χ4v) is 4.08. The van der Waals surface area contributed by atoms with Gasteiger partial charge < -0.3 is 24.8 Å². The average Bonchev–Trinajstić information content (AvgIpc) is 3.18. The van der Waals surface area contributed by atoms with Crippen molar-refractivity contribution in [1.29, 1.82) is 0 Å². The quantitative estimate of drug-likeness (QED) is 0.811. The number of carboxylic acids is 1. The molecule has 0 radical (unpaired) electrons. The Balaban J connectivity index is 1.26. The Morgan fingerprint density at radius 1 is 1.30 bits per heavy atom. The molecular formula is C19H25N3O5. The summed E-state index contributed by atoms with van der Waals surface area (Å²) < 4.78 is 11.9. The van der Waals surface area contributed by atoms with Gasteiger partial charge in [0.25, 0.3) is 5.79 Å². The van der Waals surface area contributed by atoms with Crippen LogP contribution >= 0.6 is 0 Å². The molecule has 0 bridgehead atoms. The second-order valence-electron chi connectivity index (χ2n) is 7.46. The number of hydrogen-bond acceptors (Lipinski definition) is 5. The van der Waals surface area contributed by atoms with Crippen LogP contribution in [-0.4, -0.2) is 71.0 Å². The summed E-state index contributed by atoms with van der Waals surface area (Å²) in [5, 5.41) is 12.0. The number of likely N-dealkylation sites (tertiary alicyclic amines) is 1. The minimum absolute atomic E-state index is 0.0473. The van der Waals surface area contributed by atoms with Crippen LogP contribution in [0.1, 0.15) is 26.2 Å². The zero-order valence-corrected chi connectivity index (χ0v) is 15.4. The summed E-state index contributed by atoms with van der Waals surface area (Å²) in [6.45, 7) is 3.67. The van der Waals surface area contributed by atoms with Crippen molar-refractivity contribution in [3.63, 3.8) is 0 Å². The number of urea groups is 1. The van der Waals surface area contributed by atoms with Crippen molar-refractivity contribution in [1.82, 2.24) is 15.1 Å². The van der Waals surface area contributed by atoms with E-state index in [4.69, 9.17) is 14.6 Å². The van der Waals surface area contributed by atoms with E-state index >= 15 is 0 Å². The molecule has 27 heavy (non-hydrogen) atoms. The Kier molecular flexibility index (Phi) is 4.59. The lowest BCUT2D eigenvalue weighted by atomic mass is 9.85. The molecule has 8 heteroatoms. The molecule has 1 aromatic rings. The first-order valence-electron chi connectivity index (χ1n) is 9.46. The Morgan fingerprint density at radius 3 is 2.56 bits per heavy atom. The van der Waals surface area contributed by atoms with Gasteiger partial charge in [-0.15, -0.1) is 0 Å². The van der Waals surface area contributed by atoms with Crippen LogP contribution in [0.2, 0.25) is 0 Å². The number of para-hydroxylation sites is 2.